The van der Waals surface area contributed by atoms with E-state index in [0.717, 1.165) is 30.2 Å². The maximum Gasteiger partial charge on any atom is 0.349 e. The third-order valence-electron chi connectivity index (χ3n) is 5.39. The molecule has 0 spiro atoms. The Hall–Kier alpha value is -2.88. The summed E-state index contributed by atoms with van der Waals surface area (Å²) in [6.45, 7) is 3.34. The van der Waals surface area contributed by atoms with Gasteiger partial charge >= 0.3 is 5.63 Å². The molecule has 27 heavy (non-hydrogen) atoms. The quantitative estimate of drug-likeness (QED) is 0.657. The smallest absolute Gasteiger partial charge is 0.349 e. The molecule has 4 nitrogen and oxygen atoms in total. The molecular formula is C23H23NO3. The van der Waals surface area contributed by atoms with Crippen LogP contribution in [0.3, 0.4) is 0 Å². The fourth-order valence-electron chi connectivity index (χ4n) is 3.85. The summed E-state index contributed by atoms with van der Waals surface area (Å²) < 4.78 is 5.36. The lowest BCUT2D eigenvalue weighted by molar-refractivity contribution is 0.0686. The fraction of sp³-hybridized carbons (Fsp3) is 0.304. The van der Waals surface area contributed by atoms with Crippen LogP contribution in [0.15, 0.2) is 63.8 Å². The van der Waals surface area contributed by atoms with Crippen LogP contribution in [0.2, 0.25) is 0 Å². The number of hydrogen-bond donors (Lipinski definition) is 0. The Bertz CT molecular complexity index is 1010. The predicted octanol–water partition coefficient (Wildman–Crippen LogP) is 4.20. The third-order valence-corrected chi connectivity index (χ3v) is 5.39. The van der Waals surface area contributed by atoms with Crippen molar-refractivity contribution in [2.24, 2.45) is 5.92 Å². The molecule has 138 valence electrons. The van der Waals surface area contributed by atoms with Crippen LogP contribution in [-0.2, 0) is 6.42 Å². The van der Waals surface area contributed by atoms with E-state index in [1.807, 2.05) is 25.1 Å². The average molecular weight is 361 g/mol. The van der Waals surface area contributed by atoms with Crippen LogP contribution in [0.5, 0.6) is 0 Å². The molecule has 1 aliphatic rings. The van der Waals surface area contributed by atoms with Gasteiger partial charge in [0.15, 0.2) is 0 Å². The van der Waals surface area contributed by atoms with Crippen molar-refractivity contribution >= 4 is 16.9 Å². The maximum atomic E-state index is 12.9. The summed E-state index contributed by atoms with van der Waals surface area (Å²) in [7, 11) is 0. The summed E-state index contributed by atoms with van der Waals surface area (Å²) in [5.41, 5.74) is 2.50. The Kier molecular flexibility index (Phi) is 4.80. The van der Waals surface area contributed by atoms with Crippen molar-refractivity contribution in [1.82, 2.24) is 4.90 Å². The average Bonchev–Trinajstić information content (AvgIpc) is 2.69. The largest absolute Gasteiger partial charge is 0.422 e. The van der Waals surface area contributed by atoms with Gasteiger partial charge in [-0.3, -0.25) is 4.79 Å². The molecule has 2 aromatic carbocycles. The zero-order valence-electron chi connectivity index (χ0n) is 15.5. The van der Waals surface area contributed by atoms with E-state index >= 15 is 0 Å². The lowest BCUT2D eigenvalue weighted by Crippen LogP contribution is -2.40. The SMILES string of the molecule is Cc1ccc2oc(=O)c(C(=O)N3CCC(Cc4ccccc4)CC3)cc2c1. The van der Waals surface area contributed by atoms with Gasteiger partial charge in [-0.2, -0.15) is 0 Å². The van der Waals surface area contributed by atoms with Crippen molar-refractivity contribution in [2.45, 2.75) is 26.2 Å². The first-order valence-electron chi connectivity index (χ1n) is 9.48. The standard InChI is InChI=1S/C23H23NO3/c1-16-7-8-21-19(13-16)15-20(23(26)27-21)22(25)24-11-9-18(10-12-24)14-17-5-3-2-4-6-17/h2-8,13,15,18H,9-12,14H2,1H3. The fourth-order valence-corrected chi connectivity index (χ4v) is 3.85. The highest BCUT2D eigenvalue weighted by Gasteiger charge is 2.26. The van der Waals surface area contributed by atoms with Crippen LogP contribution in [0.1, 0.15) is 34.3 Å². The number of amides is 1. The minimum absolute atomic E-state index is 0.134. The number of benzene rings is 2. The van der Waals surface area contributed by atoms with Gasteiger partial charge in [-0.15, -0.1) is 0 Å². The zero-order valence-corrected chi connectivity index (χ0v) is 15.5. The molecule has 0 aliphatic carbocycles. The first-order valence-corrected chi connectivity index (χ1v) is 9.48. The van der Waals surface area contributed by atoms with Crippen molar-refractivity contribution in [3.8, 4) is 0 Å². The lowest BCUT2D eigenvalue weighted by Gasteiger charge is -2.32. The first kappa shape index (κ1) is 17.5. The van der Waals surface area contributed by atoms with E-state index in [1.54, 1.807) is 17.0 Å². The summed E-state index contributed by atoms with van der Waals surface area (Å²) in [6.07, 6.45) is 2.96. The van der Waals surface area contributed by atoms with Crippen LogP contribution in [0, 0.1) is 12.8 Å². The molecule has 0 unspecified atom stereocenters. The summed E-state index contributed by atoms with van der Waals surface area (Å²) in [5, 5.41) is 0.789. The van der Waals surface area contributed by atoms with Crippen molar-refractivity contribution in [3.05, 3.63) is 81.7 Å². The molecular weight excluding hydrogens is 338 g/mol. The molecule has 0 bridgehead atoms. The molecule has 0 radical (unpaired) electrons. The zero-order chi connectivity index (χ0) is 18.8. The number of carbonyl (C=O) groups excluding carboxylic acids is 1. The molecule has 2 heterocycles. The molecule has 4 heteroatoms. The van der Waals surface area contributed by atoms with Crippen LogP contribution in [-0.4, -0.2) is 23.9 Å². The highest BCUT2D eigenvalue weighted by atomic mass is 16.4. The van der Waals surface area contributed by atoms with Gasteiger partial charge in [0.25, 0.3) is 5.91 Å². The van der Waals surface area contributed by atoms with Gasteiger partial charge in [0.2, 0.25) is 0 Å². The molecule has 1 amide bonds. The molecule has 1 aliphatic heterocycles. The number of aryl methyl sites for hydroxylation is 1. The van der Waals surface area contributed by atoms with Gasteiger partial charge in [-0.25, -0.2) is 4.79 Å². The molecule has 0 N–H and O–H groups in total. The lowest BCUT2D eigenvalue weighted by atomic mass is 9.90. The summed E-state index contributed by atoms with van der Waals surface area (Å²) >= 11 is 0. The first-order chi connectivity index (χ1) is 13.1. The van der Waals surface area contributed by atoms with E-state index in [9.17, 15) is 9.59 Å². The third kappa shape index (κ3) is 3.80. The van der Waals surface area contributed by atoms with E-state index in [2.05, 4.69) is 24.3 Å². The molecule has 1 saturated heterocycles. The Morgan fingerprint density at radius 1 is 1.07 bits per heavy atom. The molecule has 0 atom stereocenters. The van der Waals surface area contributed by atoms with Crippen LogP contribution in [0.25, 0.3) is 11.0 Å². The second-order valence-corrected chi connectivity index (χ2v) is 7.41. The van der Waals surface area contributed by atoms with Crippen LogP contribution in [0.4, 0.5) is 0 Å². The van der Waals surface area contributed by atoms with E-state index < -0.39 is 5.63 Å². The number of rotatable bonds is 3. The van der Waals surface area contributed by atoms with Crippen molar-refractivity contribution in [3.63, 3.8) is 0 Å². The van der Waals surface area contributed by atoms with E-state index in [4.69, 9.17) is 4.42 Å². The normalized spacial score (nSPS) is 15.2. The van der Waals surface area contributed by atoms with Gasteiger partial charge < -0.3 is 9.32 Å². The molecule has 0 saturated carbocycles. The Labute approximate surface area is 158 Å². The van der Waals surface area contributed by atoms with Crippen LogP contribution < -0.4 is 5.63 Å². The molecule has 3 aromatic rings. The highest BCUT2D eigenvalue weighted by Crippen LogP contribution is 2.23. The molecule has 1 aromatic heterocycles. The van der Waals surface area contributed by atoms with Crippen molar-refractivity contribution < 1.29 is 9.21 Å². The summed E-state index contributed by atoms with van der Waals surface area (Å²) in [6, 6.07) is 17.7. The van der Waals surface area contributed by atoms with E-state index in [-0.39, 0.29) is 11.5 Å². The molecule has 4 rings (SSSR count). The molecule has 1 fully saturated rings. The monoisotopic (exact) mass is 361 g/mol. The Morgan fingerprint density at radius 3 is 2.56 bits per heavy atom. The van der Waals surface area contributed by atoms with Crippen LogP contribution >= 0.6 is 0 Å². The minimum atomic E-state index is -0.553. The second-order valence-electron chi connectivity index (χ2n) is 7.41. The van der Waals surface area contributed by atoms with Gasteiger partial charge in [-0.05, 0) is 55.9 Å². The number of nitrogens with zero attached hydrogens (tertiary/aromatic N) is 1. The van der Waals surface area contributed by atoms with Crippen molar-refractivity contribution in [2.75, 3.05) is 13.1 Å². The maximum absolute atomic E-state index is 12.9. The summed E-state index contributed by atoms with van der Waals surface area (Å²) in [5.74, 6) is 0.359. The number of fused-ring (bicyclic) bond motifs is 1. The predicted molar refractivity (Wildman–Crippen MR) is 106 cm³/mol. The number of likely N-dealkylation sites (tertiary alicyclic amines) is 1. The van der Waals surface area contributed by atoms with E-state index in [0.29, 0.717) is 24.6 Å². The number of carbonyl (C=O) groups is 1. The highest BCUT2D eigenvalue weighted by molar-refractivity contribution is 5.96. The minimum Gasteiger partial charge on any atom is -0.422 e. The number of hydrogen-bond acceptors (Lipinski definition) is 3. The number of piperidine rings is 1. The van der Waals surface area contributed by atoms with Crippen molar-refractivity contribution in [1.29, 1.82) is 0 Å². The van der Waals surface area contributed by atoms with Gasteiger partial charge in [0.1, 0.15) is 11.1 Å². The Balaban J connectivity index is 1.47. The van der Waals surface area contributed by atoms with Gasteiger partial charge in [0.05, 0.1) is 0 Å². The second kappa shape index (κ2) is 7.39. The Morgan fingerprint density at radius 2 is 1.81 bits per heavy atom. The van der Waals surface area contributed by atoms with Gasteiger partial charge in [-0.1, -0.05) is 42.0 Å². The summed E-state index contributed by atoms with van der Waals surface area (Å²) in [4.78, 5) is 27.0. The van der Waals surface area contributed by atoms with E-state index in [1.165, 1.54) is 5.56 Å². The topological polar surface area (TPSA) is 50.5 Å². The van der Waals surface area contributed by atoms with Gasteiger partial charge in [0, 0.05) is 18.5 Å².